The lowest BCUT2D eigenvalue weighted by Crippen LogP contribution is -2.30. The van der Waals surface area contributed by atoms with Crippen molar-refractivity contribution in [2.24, 2.45) is 0 Å². The molecule has 1 atom stereocenters. The minimum Gasteiger partial charge on any atom is -0.462 e. The van der Waals surface area contributed by atoms with Crippen LogP contribution in [0, 0.1) is 0 Å². The van der Waals surface area contributed by atoms with Crippen molar-refractivity contribution < 1.29 is 28.6 Å². The predicted octanol–water partition coefficient (Wildman–Crippen LogP) is 20.3. The molecule has 0 aromatic heterocycles. The monoisotopic (exact) mass is 999 g/mol. The number of carbonyl (C=O) groups excluding carboxylic acids is 3. The second-order valence-corrected chi connectivity index (χ2v) is 19.5. The molecule has 0 aliphatic rings. The number of allylic oxidation sites excluding steroid dienone is 18. The summed E-state index contributed by atoms with van der Waals surface area (Å²) in [7, 11) is 0. The number of carbonyl (C=O) groups is 3. The maximum absolute atomic E-state index is 12.9. The summed E-state index contributed by atoms with van der Waals surface area (Å²) >= 11 is 0. The number of hydrogen-bond donors (Lipinski definition) is 0. The fraction of sp³-hybridized carbons (Fsp3) is 0.682. The molecular weight excluding hydrogens is 889 g/mol. The van der Waals surface area contributed by atoms with Gasteiger partial charge in [-0.05, 0) is 122 Å². The molecule has 0 aliphatic carbocycles. The van der Waals surface area contributed by atoms with E-state index < -0.39 is 6.10 Å². The summed E-state index contributed by atoms with van der Waals surface area (Å²) in [5, 5.41) is 0. The van der Waals surface area contributed by atoms with Gasteiger partial charge in [0.05, 0.1) is 0 Å². The van der Waals surface area contributed by atoms with Gasteiger partial charge in [-0.15, -0.1) is 0 Å². The number of esters is 3. The first-order valence-electron chi connectivity index (χ1n) is 29.9. The summed E-state index contributed by atoms with van der Waals surface area (Å²) in [5.41, 5.74) is 0. The lowest BCUT2D eigenvalue weighted by atomic mass is 10.1. The minimum atomic E-state index is -0.800. The van der Waals surface area contributed by atoms with Gasteiger partial charge in [0.15, 0.2) is 6.10 Å². The van der Waals surface area contributed by atoms with Gasteiger partial charge in [-0.1, -0.05) is 239 Å². The second-order valence-electron chi connectivity index (χ2n) is 19.5. The highest BCUT2D eigenvalue weighted by Gasteiger charge is 2.19. The third-order valence-electron chi connectivity index (χ3n) is 12.5. The molecule has 0 amide bonds. The van der Waals surface area contributed by atoms with Crippen molar-refractivity contribution in [2.75, 3.05) is 13.2 Å². The van der Waals surface area contributed by atoms with Gasteiger partial charge in [0, 0.05) is 19.3 Å². The molecule has 0 saturated carbocycles. The van der Waals surface area contributed by atoms with Crippen LogP contribution in [0.4, 0.5) is 0 Å². The smallest absolute Gasteiger partial charge is 0.306 e. The van der Waals surface area contributed by atoms with Crippen LogP contribution in [0.3, 0.4) is 0 Å². The summed E-state index contributed by atoms with van der Waals surface area (Å²) in [6.45, 7) is 6.45. The zero-order chi connectivity index (χ0) is 52.2. The first-order chi connectivity index (χ1) is 35.5. The number of hydrogen-bond acceptors (Lipinski definition) is 6. The van der Waals surface area contributed by atoms with Crippen LogP contribution < -0.4 is 0 Å². The SMILES string of the molecule is CC/C=C\C/C=C\C/C=C\C/C=C\C/C=C\C/C=C\CCCCCCC(=O)OCC(COC(=O)CCCCCCC/C=C\C/C=C\CCCC)OC(=O)CCCCCCCCC/C=C\CCCCCCCC. The largest absolute Gasteiger partial charge is 0.462 e. The van der Waals surface area contributed by atoms with E-state index in [9.17, 15) is 14.4 Å². The zero-order valence-corrected chi connectivity index (χ0v) is 46.9. The molecule has 0 saturated heterocycles. The van der Waals surface area contributed by atoms with E-state index in [1.54, 1.807) is 0 Å². The minimum absolute atomic E-state index is 0.0964. The van der Waals surface area contributed by atoms with E-state index in [0.717, 1.165) is 135 Å². The highest BCUT2D eigenvalue weighted by molar-refractivity contribution is 5.71. The van der Waals surface area contributed by atoms with Gasteiger partial charge in [-0.2, -0.15) is 0 Å². The Morgan fingerprint density at radius 2 is 0.556 bits per heavy atom. The van der Waals surface area contributed by atoms with Crippen LogP contribution in [-0.2, 0) is 28.6 Å². The molecule has 6 heteroatoms. The highest BCUT2D eigenvalue weighted by atomic mass is 16.6. The standard InChI is InChI=1S/C66H110O6/c1-4-7-10-13-16-19-22-25-28-30-31-32-33-34-35-37-38-41-44-47-50-53-56-59-65(68)71-62-63(61-70-64(67)58-55-52-49-46-43-40-27-24-21-18-15-12-9-6-3)72-66(69)60-57-54-51-48-45-42-39-36-29-26-23-20-17-14-11-8-5-2/h7,10,15-16,18-19,24-29,31-32,34-35,38,41,63H,4-6,8-9,11-14,17,20-23,30,33,36-37,39-40,42-62H2,1-3H3/b10-7-,18-15-,19-16-,27-24-,28-25-,29-26-,32-31-,35-34-,41-38-. The molecule has 6 nitrogen and oxygen atoms in total. The summed E-state index contributed by atoms with van der Waals surface area (Å²) in [5.74, 6) is -0.936. The van der Waals surface area contributed by atoms with E-state index in [0.29, 0.717) is 19.3 Å². The van der Waals surface area contributed by atoms with Crippen molar-refractivity contribution in [2.45, 2.75) is 277 Å². The van der Waals surface area contributed by atoms with E-state index in [4.69, 9.17) is 14.2 Å². The van der Waals surface area contributed by atoms with Gasteiger partial charge < -0.3 is 14.2 Å². The van der Waals surface area contributed by atoms with E-state index in [2.05, 4.69) is 130 Å². The Morgan fingerprint density at radius 1 is 0.292 bits per heavy atom. The van der Waals surface area contributed by atoms with Gasteiger partial charge in [-0.3, -0.25) is 14.4 Å². The topological polar surface area (TPSA) is 78.9 Å². The molecule has 0 N–H and O–H groups in total. The van der Waals surface area contributed by atoms with Gasteiger partial charge >= 0.3 is 17.9 Å². The fourth-order valence-electron chi connectivity index (χ4n) is 7.99. The summed E-state index contributed by atoms with van der Waals surface area (Å²) in [6, 6.07) is 0. The number of ether oxygens (including phenoxy) is 3. The molecule has 0 aliphatic heterocycles. The summed E-state index contributed by atoms with van der Waals surface area (Å²) in [4.78, 5) is 38.2. The van der Waals surface area contributed by atoms with Gasteiger partial charge in [0.2, 0.25) is 0 Å². The molecule has 0 bridgehead atoms. The van der Waals surface area contributed by atoms with Crippen LogP contribution in [0.2, 0.25) is 0 Å². The molecular formula is C66H110O6. The second kappa shape index (κ2) is 59.6. The van der Waals surface area contributed by atoms with E-state index in [1.807, 2.05) is 0 Å². The average molecular weight is 1000 g/mol. The van der Waals surface area contributed by atoms with Crippen LogP contribution in [-0.4, -0.2) is 37.2 Å². The lowest BCUT2D eigenvalue weighted by molar-refractivity contribution is -0.167. The normalized spacial score (nSPS) is 12.9. The lowest BCUT2D eigenvalue weighted by Gasteiger charge is -2.18. The highest BCUT2D eigenvalue weighted by Crippen LogP contribution is 2.14. The van der Waals surface area contributed by atoms with E-state index >= 15 is 0 Å². The molecule has 0 fully saturated rings. The number of rotatable bonds is 53. The molecule has 0 heterocycles. The maximum Gasteiger partial charge on any atom is 0.306 e. The van der Waals surface area contributed by atoms with Gasteiger partial charge in [0.1, 0.15) is 13.2 Å². The van der Waals surface area contributed by atoms with E-state index in [1.165, 1.54) is 96.3 Å². The Kier molecular flexibility index (Phi) is 56.4. The first kappa shape index (κ1) is 68.1. The Morgan fingerprint density at radius 3 is 0.903 bits per heavy atom. The molecule has 0 aromatic rings. The van der Waals surface area contributed by atoms with Crippen molar-refractivity contribution in [3.63, 3.8) is 0 Å². The van der Waals surface area contributed by atoms with Gasteiger partial charge in [-0.25, -0.2) is 0 Å². The van der Waals surface area contributed by atoms with Crippen molar-refractivity contribution in [3.8, 4) is 0 Å². The quantitative estimate of drug-likeness (QED) is 0.0261. The van der Waals surface area contributed by atoms with Crippen molar-refractivity contribution in [1.82, 2.24) is 0 Å². The van der Waals surface area contributed by atoms with Crippen LogP contribution in [0.5, 0.6) is 0 Å². The Bertz CT molecular complexity index is 1470. The molecule has 0 spiro atoms. The molecule has 0 rings (SSSR count). The fourth-order valence-corrected chi connectivity index (χ4v) is 7.99. The van der Waals surface area contributed by atoms with Gasteiger partial charge in [0.25, 0.3) is 0 Å². The molecule has 0 radical (unpaired) electrons. The zero-order valence-electron chi connectivity index (χ0n) is 46.9. The third kappa shape index (κ3) is 57.0. The first-order valence-corrected chi connectivity index (χ1v) is 29.9. The van der Waals surface area contributed by atoms with Crippen LogP contribution in [0.15, 0.2) is 109 Å². The Balaban J connectivity index is 4.45. The molecule has 1 unspecified atom stereocenters. The summed E-state index contributed by atoms with van der Waals surface area (Å²) in [6.07, 6.45) is 80.7. The van der Waals surface area contributed by atoms with Crippen LogP contribution in [0.1, 0.15) is 271 Å². The average Bonchev–Trinajstić information content (AvgIpc) is 3.38. The van der Waals surface area contributed by atoms with E-state index in [-0.39, 0.29) is 31.1 Å². The number of unbranched alkanes of at least 4 members (excludes halogenated alkanes) is 24. The molecule has 0 aromatic carbocycles. The van der Waals surface area contributed by atoms with Crippen LogP contribution >= 0.6 is 0 Å². The molecule has 410 valence electrons. The Hall–Kier alpha value is -3.93. The third-order valence-corrected chi connectivity index (χ3v) is 12.5. The summed E-state index contributed by atoms with van der Waals surface area (Å²) < 4.78 is 16.9. The van der Waals surface area contributed by atoms with Crippen molar-refractivity contribution >= 4 is 17.9 Å². The van der Waals surface area contributed by atoms with Crippen molar-refractivity contribution in [3.05, 3.63) is 109 Å². The maximum atomic E-state index is 12.9. The predicted molar refractivity (Wildman–Crippen MR) is 311 cm³/mol. The molecule has 72 heavy (non-hydrogen) atoms. The van der Waals surface area contributed by atoms with Crippen LogP contribution in [0.25, 0.3) is 0 Å². The van der Waals surface area contributed by atoms with Crippen molar-refractivity contribution in [1.29, 1.82) is 0 Å². The Labute approximate surface area is 444 Å².